The van der Waals surface area contributed by atoms with Gasteiger partial charge in [0.05, 0.1) is 16.7 Å². The predicted octanol–water partition coefficient (Wildman–Crippen LogP) is 8.51. The number of hydrogen-bond donors (Lipinski definition) is 2. The molecule has 1 aliphatic carbocycles. The van der Waals surface area contributed by atoms with Crippen molar-refractivity contribution >= 4 is 23.2 Å². The second kappa shape index (κ2) is 14.2. The fourth-order valence-corrected chi connectivity index (χ4v) is 6.89. The van der Waals surface area contributed by atoms with Crippen LogP contribution in [0.15, 0.2) is 84.9 Å². The summed E-state index contributed by atoms with van der Waals surface area (Å²) in [5, 5.41) is 8.09. The zero-order chi connectivity index (χ0) is 30.5. The van der Waals surface area contributed by atoms with Crippen LogP contribution in [0.25, 0.3) is 0 Å². The molecule has 1 fully saturated rings. The van der Waals surface area contributed by atoms with Gasteiger partial charge in [0.2, 0.25) is 6.79 Å². The van der Waals surface area contributed by atoms with Gasteiger partial charge < -0.3 is 24.8 Å². The molecule has 4 aromatic rings. The monoisotopic (exact) mass is 634 g/mol. The molecule has 8 heteroatoms. The summed E-state index contributed by atoms with van der Waals surface area (Å²) in [6.07, 6.45) is 3.29. The van der Waals surface area contributed by atoms with Crippen LogP contribution in [-0.2, 0) is 0 Å². The summed E-state index contributed by atoms with van der Waals surface area (Å²) in [4.78, 5) is 0. The summed E-state index contributed by atoms with van der Waals surface area (Å²) >= 11 is 12.2. The highest BCUT2D eigenvalue weighted by molar-refractivity contribution is 6.42. The molecule has 5 nitrogen and oxygen atoms in total. The normalized spacial score (nSPS) is 22.0. The number of halogens is 3. The molecule has 4 atom stereocenters. The minimum atomic E-state index is -0.194. The molecular weight excluding hydrogens is 598 g/mol. The van der Waals surface area contributed by atoms with E-state index in [1.54, 1.807) is 0 Å². The Bertz CT molecular complexity index is 1570. The maximum Gasteiger partial charge on any atom is 0.231 e. The number of rotatable bonds is 6. The number of fused-ring (bicyclic) bond motifs is 2. The van der Waals surface area contributed by atoms with Crippen molar-refractivity contribution in [3.63, 3.8) is 0 Å². The van der Waals surface area contributed by atoms with Crippen molar-refractivity contribution in [3.05, 3.63) is 123 Å². The van der Waals surface area contributed by atoms with Crippen molar-refractivity contribution in [2.24, 2.45) is 5.92 Å². The summed E-state index contributed by atoms with van der Waals surface area (Å²) < 4.78 is 29.9. The Labute approximate surface area is 268 Å². The minimum Gasteiger partial charge on any atom is -0.493 e. The fourth-order valence-electron chi connectivity index (χ4n) is 6.58. The number of hydrogen-bond acceptors (Lipinski definition) is 5. The second-order valence-electron chi connectivity index (χ2n) is 11.5. The number of ether oxygens (including phenoxy) is 3. The highest BCUT2D eigenvalue weighted by Crippen LogP contribution is 2.42. The topological polar surface area (TPSA) is 51.8 Å². The highest BCUT2D eigenvalue weighted by atomic mass is 35.5. The van der Waals surface area contributed by atoms with Crippen LogP contribution in [0.1, 0.15) is 59.4 Å². The van der Waals surface area contributed by atoms with E-state index in [0.717, 1.165) is 49.6 Å². The SMILES string of the molecule is CN[C@H]1CC[C@@H](c2ccc(Cl)c(Cl)c2)c2ccccc21.Fc1ccc([C@@H]2CCNC[C@H]2COc2ccc3c(c2)OCO3)cc1. The third-order valence-corrected chi connectivity index (χ3v) is 9.64. The Kier molecular flexibility index (Phi) is 9.92. The van der Waals surface area contributed by atoms with Gasteiger partial charge in [-0.3, -0.25) is 0 Å². The van der Waals surface area contributed by atoms with Crippen molar-refractivity contribution in [3.8, 4) is 17.2 Å². The first kappa shape index (κ1) is 30.7. The molecular formula is C36H37Cl2FN2O3. The summed E-state index contributed by atoms with van der Waals surface area (Å²) in [6.45, 7) is 2.74. The maximum atomic E-state index is 13.2. The first-order valence-corrected chi connectivity index (χ1v) is 16.0. The van der Waals surface area contributed by atoms with Gasteiger partial charge in [0.1, 0.15) is 11.6 Å². The Morgan fingerprint density at radius 1 is 0.841 bits per heavy atom. The van der Waals surface area contributed by atoms with Gasteiger partial charge in [0.25, 0.3) is 0 Å². The van der Waals surface area contributed by atoms with E-state index in [4.69, 9.17) is 37.4 Å². The standard InChI is InChI=1S/C19H20FNO3.C17H17Cl2N/c20-15-3-1-13(2-4-15)17-7-8-21-10-14(17)11-22-16-5-6-18-19(9-16)24-12-23-18;1-20-17-9-7-12(13-4-2-3-5-14(13)17)11-6-8-15(18)16(19)10-11/h1-6,9,14,17,21H,7-8,10-12H2;2-6,8,10,12,17,20H,7,9H2,1H3/t14-,17-;12-,17-/m00/s1. The third-order valence-electron chi connectivity index (χ3n) is 8.90. The van der Waals surface area contributed by atoms with E-state index in [9.17, 15) is 4.39 Å². The largest absolute Gasteiger partial charge is 0.493 e. The Morgan fingerprint density at radius 3 is 2.41 bits per heavy atom. The molecule has 4 aromatic carbocycles. The lowest BCUT2D eigenvalue weighted by molar-refractivity contribution is 0.173. The van der Waals surface area contributed by atoms with Crippen molar-refractivity contribution in [2.75, 3.05) is 33.5 Å². The lowest BCUT2D eigenvalue weighted by Crippen LogP contribution is -2.38. The van der Waals surface area contributed by atoms with Gasteiger partial charge in [-0.15, -0.1) is 0 Å². The molecule has 2 aliphatic heterocycles. The zero-order valence-electron chi connectivity index (χ0n) is 24.7. The molecule has 0 aromatic heterocycles. The summed E-state index contributed by atoms with van der Waals surface area (Å²) in [5.41, 5.74) is 5.23. The average Bonchev–Trinajstić information content (AvgIpc) is 3.54. The van der Waals surface area contributed by atoms with Crippen LogP contribution in [0.2, 0.25) is 10.0 Å². The van der Waals surface area contributed by atoms with Gasteiger partial charge >= 0.3 is 0 Å². The molecule has 0 saturated carbocycles. The average molecular weight is 636 g/mol. The van der Waals surface area contributed by atoms with Crippen molar-refractivity contribution < 1.29 is 18.6 Å². The van der Waals surface area contributed by atoms with Crippen LogP contribution in [-0.4, -0.2) is 33.5 Å². The number of benzene rings is 4. The summed E-state index contributed by atoms with van der Waals surface area (Å²) in [7, 11) is 2.03. The first-order chi connectivity index (χ1) is 21.5. The molecule has 0 radical (unpaired) electrons. The highest BCUT2D eigenvalue weighted by Gasteiger charge is 2.28. The molecule has 0 spiro atoms. The number of piperidine rings is 1. The molecule has 0 amide bonds. The Balaban J connectivity index is 0.000000159. The first-order valence-electron chi connectivity index (χ1n) is 15.2. The van der Waals surface area contributed by atoms with Crippen LogP contribution in [0.3, 0.4) is 0 Å². The third kappa shape index (κ3) is 7.00. The molecule has 0 unspecified atom stereocenters. The van der Waals surface area contributed by atoms with Crippen LogP contribution in [0.5, 0.6) is 17.2 Å². The quantitative estimate of drug-likeness (QED) is 0.223. The summed E-state index contributed by atoms with van der Waals surface area (Å²) in [5.74, 6) is 3.19. The predicted molar refractivity (Wildman–Crippen MR) is 174 cm³/mol. The Hall–Kier alpha value is -3.29. The van der Waals surface area contributed by atoms with Crippen LogP contribution in [0, 0.1) is 11.7 Å². The lowest BCUT2D eigenvalue weighted by Gasteiger charge is -2.32. The second-order valence-corrected chi connectivity index (χ2v) is 12.3. The van der Waals surface area contributed by atoms with Crippen LogP contribution in [0.4, 0.5) is 4.39 Å². The molecule has 2 heterocycles. The molecule has 0 bridgehead atoms. The summed E-state index contributed by atoms with van der Waals surface area (Å²) in [6, 6.07) is 27.6. The zero-order valence-corrected chi connectivity index (χ0v) is 26.2. The van der Waals surface area contributed by atoms with E-state index in [1.165, 1.54) is 34.4 Å². The van der Waals surface area contributed by atoms with Gasteiger partial charge in [-0.05, 0) is 97.4 Å². The smallest absolute Gasteiger partial charge is 0.231 e. The van der Waals surface area contributed by atoms with E-state index in [-0.39, 0.29) is 12.6 Å². The molecule has 7 rings (SSSR count). The van der Waals surface area contributed by atoms with Crippen molar-refractivity contribution in [1.29, 1.82) is 0 Å². The van der Waals surface area contributed by atoms with E-state index < -0.39 is 0 Å². The van der Waals surface area contributed by atoms with Crippen molar-refractivity contribution in [1.82, 2.24) is 10.6 Å². The molecule has 44 heavy (non-hydrogen) atoms. The van der Waals surface area contributed by atoms with Gasteiger partial charge in [-0.2, -0.15) is 0 Å². The molecule has 1 saturated heterocycles. The lowest BCUT2D eigenvalue weighted by atomic mass is 9.77. The minimum absolute atomic E-state index is 0.194. The van der Waals surface area contributed by atoms with E-state index in [1.807, 2.05) is 49.5 Å². The maximum absolute atomic E-state index is 13.2. The van der Waals surface area contributed by atoms with Crippen molar-refractivity contribution in [2.45, 2.75) is 37.1 Å². The van der Waals surface area contributed by atoms with E-state index >= 15 is 0 Å². The molecule has 3 aliphatic rings. The fraction of sp³-hybridized carbons (Fsp3) is 0.333. The van der Waals surface area contributed by atoms with E-state index in [0.29, 0.717) is 40.4 Å². The van der Waals surface area contributed by atoms with Crippen LogP contribution < -0.4 is 24.8 Å². The molecule has 230 valence electrons. The van der Waals surface area contributed by atoms with Gasteiger partial charge in [-0.25, -0.2) is 4.39 Å². The van der Waals surface area contributed by atoms with E-state index in [2.05, 4.69) is 41.0 Å². The van der Waals surface area contributed by atoms with Gasteiger partial charge in [0, 0.05) is 30.5 Å². The van der Waals surface area contributed by atoms with Gasteiger partial charge in [-0.1, -0.05) is 65.7 Å². The molecule has 2 N–H and O–H groups in total. The Morgan fingerprint density at radius 2 is 1.61 bits per heavy atom. The number of nitrogens with one attached hydrogen (secondary N) is 2. The van der Waals surface area contributed by atoms with Gasteiger partial charge in [0.15, 0.2) is 11.5 Å². The van der Waals surface area contributed by atoms with Crippen LogP contribution >= 0.6 is 23.2 Å².